The number of furan rings is 1. The minimum Gasteiger partial charge on any atom is -0.456 e. The second-order valence-corrected chi connectivity index (χ2v) is 5.86. The standard InChI is InChI=1S/C17H19NO/c1-18-14-6-4-7-15(18)10-13(9-14)17-11-12-5-2-3-8-16(12)19-17/h2-3,5,8-9,11,14-15H,4,6-7,10H2,1H3. The zero-order valence-corrected chi connectivity index (χ0v) is 11.3. The van der Waals surface area contributed by atoms with Gasteiger partial charge < -0.3 is 4.42 Å². The van der Waals surface area contributed by atoms with E-state index in [9.17, 15) is 0 Å². The van der Waals surface area contributed by atoms with E-state index in [1.54, 1.807) is 0 Å². The number of fused-ring (bicyclic) bond motifs is 3. The van der Waals surface area contributed by atoms with Crippen molar-refractivity contribution in [2.45, 2.75) is 37.8 Å². The average Bonchev–Trinajstić information content (AvgIpc) is 2.82. The highest BCUT2D eigenvalue weighted by Crippen LogP contribution is 2.37. The van der Waals surface area contributed by atoms with Gasteiger partial charge in [0.2, 0.25) is 0 Å². The van der Waals surface area contributed by atoms with Crippen LogP contribution in [0.25, 0.3) is 16.5 Å². The Morgan fingerprint density at radius 3 is 2.95 bits per heavy atom. The van der Waals surface area contributed by atoms with Gasteiger partial charge in [-0.25, -0.2) is 0 Å². The minimum absolute atomic E-state index is 0.607. The molecule has 2 unspecified atom stereocenters. The second kappa shape index (κ2) is 4.24. The van der Waals surface area contributed by atoms with Crippen molar-refractivity contribution < 1.29 is 4.42 Å². The highest BCUT2D eigenvalue weighted by molar-refractivity contribution is 5.82. The molecule has 0 N–H and O–H groups in total. The predicted molar refractivity (Wildman–Crippen MR) is 78.0 cm³/mol. The van der Waals surface area contributed by atoms with E-state index in [0.29, 0.717) is 12.1 Å². The van der Waals surface area contributed by atoms with Crippen molar-refractivity contribution in [1.29, 1.82) is 0 Å². The molecule has 0 amide bonds. The average molecular weight is 253 g/mol. The molecule has 2 aliphatic heterocycles. The smallest absolute Gasteiger partial charge is 0.134 e. The van der Waals surface area contributed by atoms with E-state index in [4.69, 9.17) is 4.42 Å². The van der Waals surface area contributed by atoms with Gasteiger partial charge in [0.15, 0.2) is 0 Å². The molecule has 1 aromatic heterocycles. The highest BCUT2D eigenvalue weighted by Gasteiger charge is 2.32. The Morgan fingerprint density at radius 2 is 2.11 bits per heavy atom. The van der Waals surface area contributed by atoms with Crippen LogP contribution in [-0.4, -0.2) is 24.0 Å². The van der Waals surface area contributed by atoms with Gasteiger partial charge >= 0.3 is 0 Å². The fraction of sp³-hybridized carbons (Fsp3) is 0.412. The highest BCUT2D eigenvalue weighted by atomic mass is 16.3. The van der Waals surface area contributed by atoms with E-state index in [1.807, 2.05) is 6.07 Å². The summed E-state index contributed by atoms with van der Waals surface area (Å²) >= 11 is 0. The first-order valence-electron chi connectivity index (χ1n) is 7.23. The number of hydrogen-bond donors (Lipinski definition) is 0. The van der Waals surface area contributed by atoms with Crippen LogP contribution in [0.2, 0.25) is 0 Å². The summed E-state index contributed by atoms with van der Waals surface area (Å²) in [5.74, 6) is 1.08. The minimum atomic E-state index is 0.607. The Balaban J connectivity index is 1.76. The van der Waals surface area contributed by atoms with Gasteiger partial charge in [0.05, 0.1) is 0 Å². The molecule has 2 aromatic rings. The van der Waals surface area contributed by atoms with Crippen molar-refractivity contribution in [1.82, 2.24) is 4.90 Å². The van der Waals surface area contributed by atoms with E-state index in [0.717, 1.165) is 17.8 Å². The Morgan fingerprint density at radius 1 is 1.21 bits per heavy atom. The molecule has 1 aromatic carbocycles. The maximum atomic E-state index is 6.02. The number of benzene rings is 1. The Labute approximate surface area is 113 Å². The fourth-order valence-corrected chi connectivity index (χ4v) is 3.56. The quantitative estimate of drug-likeness (QED) is 0.761. The van der Waals surface area contributed by atoms with E-state index < -0.39 is 0 Å². The SMILES string of the molecule is CN1C2C=C(c3cc4ccccc4o3)CC1CCC2. The van der Waals surface area contributed by atoms with E-state index in [-0.39, 0.29) is 0 Å². The molecule has 98 valence electrons. The molecule has 2 aliphatic rings. The molecular weight excluding hydrogens is 234 g/mol. The summed E-state index contributed by atoms with van der Waals surface area (Å²) in [5.41, 5.74) is 2.41. The monoisotopic (exact) mass is 253 g/mol. The van der Waals surface area contributed by atoms with Crippen LogP contribution in [0, 0.1) is 0 Å². The third-order valence-corrected chi connectivity index (χ3v) is 4.73. The molecule has 0 saturated carbocycles. The summed E-state index contributed by atoms with van der Waals surface area (Å²) in [6, 6.07) is 11.8. The molecule has 1 saturated heterocycles. The van der Waals surface area contributed by atoms with Gasteiger partial charge in [-0.1, -0.05) is 30.7 Å². The first-order chi connectivity index (χ1) is 9.31. The lowest BCUT2D eigenvalue weighted by Gasteiger charge is -2.42. The van der Waals surface area contributed by atoms with Crippen molar-refractivity contribution in [3.05, 3.63) is 42.2 Å². The summed E-state index contributed by atoms with van der Waals surface area (Å²) in [6.07, 6.45) is 7.53. The lowest BCUT2D eigenvalue weighted by atomic mass is 9.85. The van der Waals surface area contributed by atoms with Crippen molar-refractivity contribution in [3.8, 4) is 0 Å². The largest absolute Gasteiger partial charge is 0.456 e. The van der Waals surface area contributed by atoms with Gasteiger partial charge in [-0.15, -0.1) is 0 Å². The first kappa shape index (κ1) is 11.3. The molecule has 2 bridgehead atoms. The number of piperidine rings is 1. The normalized spacial score (nSPS) is 27.5. The summed E-state index contributed by atoms with van der Waals surface area (Å²) in [7, 11) is 2.26. The summed E-state index contributed by atoms with van der Waals surface area (Å²) in [6.45, 7) is 0. The van der Waals surface area contributed by atoms with Crippen molar-refractivity contribution in [3.63, 3.8) is 0 Å². The lowest BCUT2D eigenvalue weighted by molar-refractivity contribution is 0.136. The summed E-state index contributed by atoms with van der Waals surface area (Å²) < 4.78 is 6.02. The van der Waals surface area contributed by atoms with E-state index in [1.165, 1.54) is 30.2 Å². The third kappa shape index (κ3) is 1.82. The van der Waals surface area contributed by atoms with Gasteiger partial charge in [-0.05, 0) is 44.0 Å². The van der Waals surface area contributed by atoms with Gasteiger partial charge in [-0.2, -0.15) is 0 Å². The molecular formula is C17H19NO. The molecule has 19 heavy (non-hydrogen) atoms. The first-order valence-corrected chi connectivity index (χ1v) is 7.23. The molecule has 0 radical (unpaired) electrons. The van der Waals surface area contributed by atoms with Crippen molar-refractivity contribution >= 4 is 16.5 Å². The number of rotatable bonds is 1. The van der Waals surface area contributed by atoms with Gasteiger partial charge in [0, 0.05) is 17.5 Å². The number of para-hydroxylation sites is 1. The van der Waals surface area contributed by atoms with Gasteiger partial charge in [0.25, 0.3) is 0 Å². The van der Waals surface area contributed by atoms with Crippen LogP contribution < -0.4 is 0 Å². The van der Waals surface area contributed by atoms with Crippen LogP contribution in [0.5, 0.6) is 0 Å². The zero-order chi connectivity index (χ0) is 12.8. The second-order valence-electron chi connectivity index (χ2n) is 5.86. The van der Waals surface area contributed by atoms with Gasteiger partial charge in [0.1, 0.15) is 11.3 Å². The molecule has 3 heterocycles. The van der Waals surface area contributed by atoms with Crippen LogP contribution in [-0.2, 0) is 0 Å². The maximum absolute atomic E-state index is 6.02. The molecule has 2 nitrogen and oxygen atoms in total. The summed E-state index contributed by atoms with van der Waals surface area (Å²) in [5, 5.41) is 1.21. The van der Waals surface area contributed by atoms with Crippen LogP contribution in [0.3, 0.4) is 0 Å². The van der Waals surface area contributed by atoms with E-state index >= 15 is 0 Å². The predicted octanol–water partition coefficient (Wildman–Crippen LogP) is 4.07. The lowest BCUT2D eigenvalue weighted by Crippen LogP contribution is -2.45. The topological polar surface area (TPSA) is 16.4 Å². The molecule has 2 heteroatoms. The Kier molecular flexibility index (Phi) is 2.52. The fourth-order valence-electron chi connectivity index (χ4n) is 3.56. The molecule has 4 rings (SSSR count). The Hall–Kier alpha value is -1.54. The number of likely N-dealkylation sites (N-methyl/N-ethyl adjacent to an activating group) is 1. The van der Waals surface area contributed by atoms with Crippen LogP contribution in [0.15, 0.2) is 40.8 Å². The molecule has 1 fully saturated rings. The molecule has 0 aliphatic carbocycles. The van der Waals surface area contributed by atoms with E-state index in [2.05, 4.69) is 42.3 Å². The van der Waals surface area contributed by atoms with Crippen molar-refractivity contribution in [2.75, 3.05) is 7.05 Å². The molecule has 0 spiro atoms. The third-order valence-electron chi connectivity index (χ3n) is 4.73. The molecule has 2 atom stereocenters. The maximum Gasteiger partial charge on any atom is 0.134 e. The number of hydrogen-bond acceptors (Lipinski definition) is 2. The van der Waals surface area contributed by atoms with Crippen LogP contribution >= 0.6 is 0 Å². The van der Waals surface area contributed by atoms with Crippen LogP contribution in [0.4, 0.5) is 0 Å². The number of nitrogens with zero attached hydrogens (tertiary/aromatic N) is 1. The van der Waals surface area contributed by atoms with Crippen LogP contribution in [0.1, 0.15) is 31.4 Å². The summed E-state index contributed by atoms with van der Waals surface area (Å²) in [4.78, 5) is 2.54. The Bertz CT molecular complexity index is 607. The van der Waals surface area contributed by atoms with Crippen molar-refractivity contribution in [2.24, 2.45) is 0 Å². The van der Waals surface area contributed by atoms with Gasteiger partial charge in [-0.3, -0.25) is 4.90 Å². The zero-order valence-electron chi connectivity index (χ0n) is 11.3.